The van der Waals surface area contributed by atoms with E-state index < -0.39 is 0 Å². The fourth-order valence-electron chi connectivity index (χ4n) is 3.15. The lowest BCUT2D eigenvalue weighted by Gasteiger charge is -2.15. The van der Waals surface area contributed by atoms with Crippen molar-refractivity contribution in [3.63, 3.8) is 0 Å². The van der Waals surface area contributed by atoms with Crippen LogP contribution >= 0.6 is 0 Å². The van der Waals surface area contributed by atoms with Crippen LogP contribution in [0.25, 0.3) is 10.8 Å². The summed E-state index contributed by atoms with van der Waals surface area (Å²) in [6.07, 6.45) is 0. The molecule has 1 unspecified atom stereocenters. The molecule has 0 aliphatic rings. The Morgan fingerprint density at radius 1 is 0.926 bits per heavy atom. The molecule has 5 nitrogen and oxygen atoms in total. The molecule has 0 aromatic heterocycles. The highest BCUT2D eigenvalue weighted by molar-refractivity contribution is 5.91. The lowest BCUT2D eigenvalue weighted by atomic mass is 10.1. The molecule has 1 amide bonds. The van der Waals surface area contributed by atoms with E-state index in [1.807, 2.05) is 19.2 Å². The van der Waals surface area contributed by atoms with Crippen molar-refractivity contribution >= 4 is 22.4 Å². The number of fused-ring (bicyclic) bond motifs is 1. The molecule has 0 heterocycles. The zero-order chi connectivity index (χ0) is 19.2. The molecular formula is C22H25N2O3+. The average molecular weight is 365 g/mol. The van der Waals surface area contributed by atoms with Gasteiger partial charge in [-0.15, -0.1) is 0 Å². The minimum absolute atomic E-state index is 0.0412. The van der Waals surface area contributed by atoms with E-state index in [0.29, 0.717) is 23.7 Å². The number of carbonyl (C=O) groups excluding carboxylic acids is 1. The highest BCUT2D eigenvalue weighted by Gasteiger charge is 2.13. The van der Waals surface area contributed by atoms with E-state index in [1.165, 1.54) is 16.3 Å². The fourth-order valence-corrected chi connectivity index (χ4v) is 3.15. The van der Waals surface area contributed by atoms with Gasteiger partial charge in [0.15, 0.2) is 18.0 Å². The molecule has 0 fully saturated rings. The van der Waals surface area contributed by atoms with Crippen LogP contribution in [0.5, 0.6) is 11.5 Å². The maximum atomic E-state index is 12.4. The Morgan fingerprint density at radius 2 is 1.67 bits per heavy atom. The summed E-state index contributed by atoms with van der Waals surface area (Å²) in [5.41, 5.74) is 1.90. The molecule has 0 radical (unpaired) electrons. The number of likely N-dealkylation sites (N-methyl/N-ethyl adjacent to an activating group) is 1. The predicted molar refractivity (Wildman–Crippen MR) is 108 cm³/mol. The van der Waals surface area contributed by atoms with Gasteiger partial charge in [-0.25, -0.2) is 0 Å². The molecule has 2 N–H and O–H groups in total. The minimum Gasteiger partial charge on any atom is -0.493 e. The zero-order valence-electron chi connectivity index (χ0n) is 15.9. The molecule has 3 rings (SSSR count). The third-order valence-electron chi connectivity index (χ3n) is 4.45. The van der Waals surface area contributed by atoms with Crippen LogP contribution in [0.2, 0.25) is 0 Å². The molecule has 3 aromatic carbocycles. The van der Waals surface area contributed by atoms with Gasteiger partial charge in [-0.1, -0.05) is 36.4 Å². The molecule has 0 bridgehead atoms. The summed E-state index contributed by atoms with van der Waals surface area (Å²) in [7, 11) is 5.18. The van der Waals surface area contributed by atoms with Gasteiger partial charge in [0.2, 0.25) is 0 Å². The van der Waals surface area contributed by atoms with Crippen molar-refractivity contribution in [3.8, 4) is 11.5 Å². The average Bonchev–Trinajstić information content (AvgIpc) is 2.67. The van der Waals surface area contributed by atoms with E-state index in [-0.39, 0.29) is 5.91 Å². The number of quaternary nitrogens is 1. The van der Waals surface area contributed by atoms with E-state index >= 15 is 0 Å². The van der Waals surface area contributed by atoms with Gasteiger partial charge in [0.05, 0.1) is 21.3 Å². The molecule has 140 valence electrons. The Kier molecular flexibility index (Phi) is 5.94. The van der Waals surface area contributed by atoms with E-state index in [0.717, 1.165) is 11.4 Å². The van der Waals surface area contributed by atoms with E-state index in [9.17, 15) is 4.79 Å². The molecule has 5 heteroatoms. The Bertz CT molecular complexity index is 940. The van der Waals surface area contributed by atoms with Crippen molar-refractivity contribution in [2.75, 3.05) is 33.1 Å². The zero-order valence-corrected chi connectivity index (χ0v) is 15.9. The van der Waals surface area contributed by atoms with Crippen LogP contribution in [-0.2, 0) is 11.3 Å². The van der Waals surface area contributed by atoms with Crippen molar-refractivity contribution in [1.29, 1.82) is 0 Å². The van der Waals surface area contributed by atoms with Crippen LogP contribution in [0.15, 0.2) is 60.7 Å². The van der Waals surface area contributed by atoms with Crippen molar-refractivity contribution in [2.24, 2.45) is 0 Å². The Balaban J connectivity index is 1.59. The molecule has 0 spiro atoms. The van der Waals surface area contributed by atoms with Crippen LogP contribution in [0, 0.1) is 0 Å². The first-order chi connectivity index (χ1) is 13.1. The maximum absolute atomic E-state index is 12.4. The van der Waals surface area contributed by atoms with Crippen molar-refractivity contribution in [3.05, 3.63) is 66.2 Å². The topological polar surface area (TPSA) is 52.0 Å². The summed E-state index contributed by atoms with van der Waals surface area (Å²) in [6.45, 7) is 1.16. The Labute approximate surface area is 159 Å². The fraction of sp³-hybridized carbons (Fsp3) is 0.227. The molecule has 27 heavy (non-hydrogen) atoms. The number of hydrogen-bond donors (Lipinski definition) is 2. The lowest BCUT2D eigenvalue weighted by molar-refractivity contribution is -0.885. The predicted octanol–water partition coefficient (Wildman–Crippen LogP) is 2.51. The standard InChI is InChI=1S/C22H24N2O3/c1-24(14-16-8-9-17-6-4-5-7-18(17)12-16)15-22(25)23-19-10-11-20(26-2)21(13-19)27-3/h4-13H,14-15H2,1-3H3,(H,23,25)/p+1. The monoisotopic (exact) mass is 365 g/mol. The molecule has 0 saturated heterocycles. The van der Waals surface area contributed by atoms with Gasteiger partial charge in [-0.3, -0.25) is 4.79 Å². The number of nitrogens with one attached hydrogen (secondary N) is 2. The summed E-state index contributed by atoms with van der Waals surface area (Å²) >= 11 is 0. The lowest BCUT2D eigenvalue weighted by Crippen LogP contribution is -3.08. The van der Waals surface area contributed by atoms with E-state index in [4.69, 9.17) is 9.47 Å². The summed E-state index contributed by atoms with van der Waals surface area (Å²) in [5.74, 6) is 1.18. The normalized spacial score (nSPS) is 11.8. The maximum Gasteiger partial charge on any atom is 0.279 e. The summed E-state index contributed by atoms with van der Waals surface area (Å²) < 4.78 is 10.5. The van der Waals surface area contributed by atoms with Gasteiger partial charge in [-0.2, -0.15) is 0 Å². The van der Waals surface area contributed by atoms with Crippen LogP contribution in [-0.4, -0.2) is 33.7 Å². The quantitative estimate of drug-likeness (QED) is 0.676. The third-order valence-corrected chi connectivity index (χ3v) is 4.45. The van der Waals surface area contributed by atoms with Crippen LogP contribution in [0.1, 0.15) is 5.56 Å². The van der Waals surface area contributed by atoms with Crippen LogP contribution < -0.4 is 19.7 Å². The van der Waals surface area contributed by atoms with Crippen molar-refractivity contribution in [2.45, 2.75) is 6.54 Å². The van der Waals surface area contributed by atoms with Gasteiger partial charge in [0.25, 0.3) is 5.91 Å². The van der Waals surface area contributed by atoms with Crippen LogP contribution in [0.3, 0.4) is 0 Å². The minimum atomic E-state index is -0.0412. The molecule has 0 aliphatic carbocycles. The number of amides is 1. The van der Waals surface area contributed by atoms with E-state index in [1.54, 1.807) is 32.4 Å². The number of rotatable bonds is 7. The largest absolute Gasteiger partial charge is 0.493 e. The van der Waals surface area contributed by atoms with Gasteiger partial charge in [-0.05, 0) is 29.0 Å². The Hall–Kier alpha value is -3.05. The van der Waals surface area contributed by atoms with Gasteiger partial charge < -0.3 is 19.7 Å². The smallest absolute Gasteiger partial charge is 0.279 e. The number of anilines is 1. The molecule has 0 aliphatic heterocycles. The Morgan fingerprint density at radius 3 is 2.41 bits per heavy atom. The third kappa shape index (κ3) is 4.77. The number of carbonyl (C=O) groups is 1. The van der Waals surface area contributed by atoms with E-state index in [2.05, 4.69) is 35.6 Å². The number of benzene rings is 3. The highest BCUT2D eigenvalue weighted by Crippen LogP contribution is 2.29. The second kappa shape index (κ2) is 8.56. The first-order valence-electron chi connectivity index (χ1n) is 8.90. The molecule has 1 atom stereocenters. The number of ether oxygens (including phenoxy) is 2. The number of methoxy groups -OCH3 is 2. The first-order valence-corrected chi connectivity index (χ1v) is 8.90. The highest BCUT2D eigenvalue weighted by atomic mass is 16.5. The summed E-state index contributed by atoms with van der Waals surface area (Å²) in [6, 6.07) is 20.1. The number of hydrogen-bond acceptors (Lipinski definition) is 3. The summed E-state index contributed by atoms with van der Waals surface area (Å²) in [4.78, 5) is 13.5. The second-order valence-electron chi connectivity index (χ2n) is 6.61. The SMILES string of the molecule is COc1ccc(NC(=O)C[NH+](C)Cc2ccc3ccccc3c2)cc1OC. The first kappa shape index (κ1) is 18.7. The molecule has 0 saturated carbocycles. The van der Waals surface area contributed by atoms with Crippen LogP contribution in [0.4, 0.5) is 5.69 Å². The van der Waals surface area contributed by atoms with Gasteiger partial charge in [0.1, 0.15) is 6.54 Å². The second-order valence-corrected chi connectivity index (χ2v) is 6.61. The molecule has 3 aromatic rings. The van der Waals surface area contributed by atoms with Crippen molar-refractivity contribution in [1.82, 2.24) is 0 Å². The van der Waals surface area contributed by atoms with Gasteiger partial charge >= 0.3 is 0 Å². The van der Waals surface area contributed by atoms with Crippen molar-refractivity contribution < 1.29 is 19.2 Å². The summed E-state index contributed by atoms with van der Waals surface area (Å²) in [5, 5.41) is 5.37. The van der Waals surface area contributed by atoms with Gasteiger partial charge in [0, 0.05) is 17.3 Å². The molecular weight excluding hydrogens is 340 g/mol.